The fraction of sp³-hybridized carbons (Fsp3) is 0.364. The molecule has 0 spiro atoms. The molecule has 1 N–H and O–H groups in total. The van der Waals surface area contributed by atoms with E-state index in [1.54, 1.807) is 0 Å². The van der Waals surface area contributed by atoms with Crippen LogP contribution in [-0.2, 0) is 10.2 Å². The van der Waals surface area contributed by atoms with Crippen LogP contribution in [-0.4, -0.2) is 11.1 Å². The highest BCUT2D eigenvalue weighted by atomic mass is 16.4. The summed E-state index contributed by atoms with van der Waals surface area (Å²) in [6.07, 6.45) is 0.770. The van der Waals surface area contributed by atoms with Crippen molar-refractivity contribution in [1.82, 2.24) is 0 Å². The number of carboxylic acids is 1. The average molecular weight is 176 g/mol. The first kappa shape index (κ1) is 8.30. The third-order valence-corrected chi connectivity index (χ3v) is 2.97. The van der Waals surface area contributed by atoms with E-state index in [-0.39, 0.29) is 11.3 Å². The van der Waals surface area contributed by atoms with Crippen LogP contribution in [0.4, 0.5) is 0 Å². The van der Waals surface area contributed by atoms with Gasteiger partial charge in [0.15, 0.2) is 0 Å². The van der Waals surface area contributed by atoms with Crippen LogP contribution in [0.25, 0.3) is 0 Å². The molecule has 0 radical (unpaired) electrons. The Morgan fingerprint density at radius 3 is 2.54 bits per heavy atom. The molecule has 2 nitrogen and oxygen atoms in total. The van der Waals surface area contributed by atoms with E-state index in [2.05, 4.69) is 0 Å². The molecule has 0 unspecified atom stereocenters. The Kier molecular flexibility index (Phi) is 1.65. The molecule has 1 aliphatic carbocycles. The second-order valence-corrected chi connectivity index (χ2v) is 3.88. The van der Waals surface area contributed by atoms with E-state index in [1.165, 1.54) is 0 Å². The molecule has 0 bridgehead atoms. The molecule has 0 saturated heterocycles. The maximum absolute atomic E-state index is 10.8. The normalized spacial score (nSPS) is 31.3. The van der Waals surface area contributed by atoms with Crippen LogP contribution in [0.5, 0.6) is 0 Å². The molecular weight excluding hydrogens is 164 g/mol. The van der Waals surface area contributed by atoms with Crippen molar-refractivity contribution in [3.8, 4) is 0 Å². The van der Waals surface area contributed by atoms with Crippen LogP contribution in [0.2, 0.25) is 0 Å². The third-order valence-electron chi connectivity index (χ3n) is 2.97. The Morgan fingerprint density at radius 2 is 2.08 bits per heavy atom. The lowest BCUT2D eigenvalue weighted by atomic mass is 9.96. The summed E-state index contributed by atoms with van der Waals surface area (Å²) in [4.78, 5) is 10.8. The summed E-state index contributed by atoms with van der Waals surface area (Å²) >= 11 is 0. The highest BCUT2D eigenvalue weighted by Gasteiger charge is 2.55. The largest absolute Gasteiger partial charge is 0.481 e. The Morgan fingerprint density at radius 1 is 1.46 bits per heavy atom. The molecule has 1 aromatic rings. The fourth-order valence-corrected chi connectivity index (χ4v) is 1.86. The van der Waals surface area contributed by atoms with Crippen molar-refractivity contribution >= 4 is 5.97 Å². The third kappa shape index (κ3) is 1.22. The first-order valence-corrected chi connectivity index (χ1v) is 4.43. The molecule has 1 aromatic carbocycles. The van der Waals surface area contributed by atoms with Crippen LogP contribution < -0.4 is 0 Å². The van der Waals surface area contributed by atoms with Gasteiger partial charge in [0.2, 0.25) is 0 Å². The van der Waals surface area contributed by atoms with Crippen molar-refractivity contribution < 1.29 is 9.90 Å². The zero-order valence-electron chi connectivity index (χ0n) is 7.53. The van der Waals surface area contributed by atoms with E-state index in [9.17, 15) is 4.79 Å². The second-order valence-electron chi connectivity index (χ2n) is 3.88. The van der Waals surface area contributed by atoms with Crippen LogP contribution >= 0.6 is 0 Å². The van der Waals surface area contributed by atoms with Crippen molar-refractivity contribution in [2.75, 3.05) is 0 Å². The molecule has 0 amide bonds. The molecule has 1 fully saturated rings. The van der Waals surface area contributed by atoms with Gasteiger partial charge in [0, 0.05) is 5.41 Å². The Bertz CT molecular complexity index is 331. The average Bonchev–Trinajstić information content (AvgIpc) is 2.82. The van der Waals surface area contributed by atoms with Gasteiger partial charge in [-0.3, -0.25) is 4.79 Å². The Labute approximate surface area is 77.2 Å². The minimum absolute atomic E-state index is 0.118. The topological polar surface area (TPSA) is 37.3 Å². The molecule has 0 aromatic heterocycles. The number of carbonyl (C=O) groups is 1. The van der Waals surface area contributed by atoms with Gasteiger partial charge in [0.1, 0.15) is 0 Å². The van der Waals surface area contributed by atoms with Gasteiger partial charge >= 0.3 is 5.97 Å². The second kappa shape index (κ2) is 2.59. The van der Waals surface area contributed by atoms with E-state index in [0.29, 0.717) is 0 Å². The first-order chi connectivity index (χ1) is 6.14. The predicted octanol–water partition coefficient (Wildman–Crippen LogP) is 2.05. The lowest BCUT2D eigenvalue weighted by Crippen LogP contribution is -2.10. The van der Waals surface area contributed by atoms with E-state index in [1.807, 2.05) is 37.3 Å². The van der Waals surface area contributed by atoms with Crippen molar-refractivity contribution in [3.05, 3.63) is 35.9 Å². The number of hydrogen-bond donors (Lipinski definition) is 1. The molecule has 2 heteroatoms. The fourth-order valence-electron chi connectivity index (χ4n) is 1.86. The van der Waals surface area contributed by atoms with Gasteiger partial charge in [0.25, 0.3) is 0 Å². The van der Waals surface area contributed by atoms with Crippen LogP contribution in [0.1, 0.15) is 18.9 Å². The lowest BCUT2D eigenvalue weighted by molar-refractivity contribution is -0.138. The van der Waals surface area contributed by atoms with E-state index in [0.717, 1.165) is 12.0 Å². The van der Waals surface area contributed by atoms with Crippen LogP contribution in [0, 0.1) is 5.92 Å². The van der Waals surface area contributed by atoms with Gasteiger partial charge in [-0.2, -0.15) is 0 Å². The molecule has 2 atom stereocenters. The van der Waals surface area contributed by atoms with E-state index in [4.69, 9.17) is 5.11 Å². The van der Waals surface area contributed by atoms with Crippen LogP contribution in [0.3, 0.4) is 0 Å². The lowest BCUT2D eigenvalue weighted by Gasteiger charge is -2.08. The summed E-state index contributed by atoms with van der Waals surface area (Å²) in [7, 11) is 0. The summed E-state index contributed by atoms with van der Waals surface area (Å²) in [5, 5.41) is 8.85. The summed E-state index contributed by atoms with van der Waals surface area (Å²) in [6.45, 7) is 2.02. The number of benzene rings is 1. The van der Waals surface area contributed by atoms with Gasteiger partial charge in [-0.15, -0.1) is 0 Å². The SMILES string of the molecule is C[C@@]1(c2ccccc2)C[C@@H]1C(=O)O. The van der Waals surface area contributed by atoms with Crippen molar-refractivity contribution in [1.29, 1.82) is 0 Å². The van der Waals surface area contributed by atoms with Gasteiger partial charge in [-0.25, -0.2) is 0 Å². The monoisotopic (exact) mass is 176 g/mol. The summed E-state index contributed by atoms with van der Waals surface area (Å²) in [5.41, 5.74) is 1.02. The van der Waals surface area contributed by atoms with Gasteiger partial charge in [0.05, 0.1) is 5.92 Å². The zero-order valence-corrected chi connectivity index (χ0v) is 7.53. The number of aliphatic carboxylic acids is 1. The summed E-state index contributed by atoms with van der Waals surface area (Å²) < 4.78 is 0. The maximum Gasteiger partial charge on any atom is 0.307 e. The molecule has 13 heavy (non-hydrogen) atoms. The molecule has 2 rings (SSSR count). The molecule has 68 valence electrons. The number of rotatable bonds is 2. The van der Waals surface area contributed by atoms with Gasteiger partial charge in [-0.05, 0) is 12.0 Å². The number of carboxylic acid groups (broad SMARTS) is 1. The zero-order chi connectivity index (χ0) is 9.47. The quantitative estimate of drug-likeness (QED) is 0.748. The Balaban J connectivity index is 2.25. The summed E-state index contributed by atoms with van der Waals surface area (Å²) in [6, 6.07) is 9.87. The maximum atomic E-state index is 10.8. The molecule has 1 aliphatic rings. The van der Waals surface area contributed by atoms with Gasteiger partial charge < -0.3 is 5.11 Å². The minimum atomic E-state index is -0.675. The summed E-state index contributed by atoms with van der Waals surface area (Å²) in [5.74, 6) is -0.860. The van der Waals surface area contributed by atoms with Crippen molar-refractivity contribution in [2.45, 2.75) is 18.8 Å². The molecule has 0 aliphatic heterocycles. The standard InChI is InChI=1S/C11H12O2/c1-11(7-9(11)10(12)13)8-5-3-2-4-6-8/h2-6,9H,7H2,1H3,(H,12,13)/t9-,11+/m1/s1. The Hall–Kier alpha value is -1.31. The highest BCUT2D eigenvalue weighted by molar-refractivity contribution is 5.77. The number of hydrogen-bond acceptors (Lipinski definition) is 1. The predicted molar refractivity (Wildman–Crippen MR) is 49.5 cm³/mol. The van der Waals surface area contributed by atoms with Crippen molar-refractivity contribution in [2.24, 2.45) is 5.92 Å². The first-order valence-electron chi connectivity index (χ1n) is 4.43. The van der Waals surface area contributed by atoms with Crippen LogP contribution in [0.15, 0.2) is 30.3 Å². The highest BCUT2D eigenvalue weighted by Crippen LogP contribution is 2.53. The molecular formula is C11H12O2. The minimum Gasteiger partial charge on any atom is -0.481 e. The van der Waals surface area contributed by atoms with E-state index < -0.39 is 5.97 Å². The van der Waals surface area contributed by atoms with Gasteiger partial charge in [-0.1, -0.05) is 37.3 Å². The van der Waals surface area contributed by atoms with E-state index >= 15 is 0 Å². The smallest absolute Gasteiger partial charge is 0.307 e. The molecule has 0 heterocycles. The molecule has 1 saturated carbocycles. The van der Waals surface area contributed by atoms with Crippen molar-refractivity contribution in [3.63, 3.8) is 0 Å².